The van der Waals surface area contributed by atoms with E-state index in [2.05, 4.69) is 12.2 Å². The fourth-order valence-corrected chi connectivity index (χ4v) is 3.32. The van der Waals surface area contributed by atoms with Gasteiger partial charge < -0.3 is 4.90 Å². The number of fused-ring (bicyclic) bond motifs is 2. The van der Waals surface area contributed by atoms with Crippen LogP contribution in [0.2, 0.25) is 0 Å². The van der Waals surface area contributed by atoms with Gasteiger partial charge >= 0.3 is 6.03 Å². The number of nitrogens with zero attached hydrogens (tertiary/aromatic N) is 2. The van der Waals surface area contributed by atoms with Gasteiger partial charge in [-0.15, -0.1) is 0 Å². The number of imide groups is 1. The Labute approximate surface area is 124 Å². The van der Waals surface area contributed by atoms with Gasteiger partial charge in [0.2, 0.25) is 0 Å². The van der Waals surface area contributed by atoms with Crippen LogP contribution in [-0.2, 0) is 23.4 Å². The van der Waals surface area contributed by atoms with Crippen LogP contribution in [0.25, 0.3) is 0 Å². The van der Waals surface area contributed by atoms with Crippen molar-refractivity contribution >= 4 is 11.9 Å². The van der Waals surface area contributed by atoms with Crippen LogP contribution in [0.3, 0.4) is 0 Å². The maximum Gasteiger partial charge on any atom is 0.332 e. The molecular formula is C14H16N2O2V. The average molecular weight is 295 g/mol. The van der Waals surface area contributed by atoms with Crippen LogP contribution < -0.4 is 0 Å². The summed E-state index contributed by atoms with van der Waals surface area (Å²) in [6.45, 7) is 0.731. The first-order valence-electron chi connectivity index (χ1n) is 6.80. The standard InChI is InChI=1S/C14H16N2O2.V/c17-13-12-3-1-2-6-15(12)14(18)16(13)11-5-4-9-7-10(9)8-11;/h4-5,8-10,12H,1-3,6-7H2;. The van der Waals surface area contributed by atoms with E-state index in [0.717, 1.165) is 31.5 Å². The predicted molar refractivity (Wildman–Crippen MR) is 65.4 cm³/mol. The smallest absolute Gasteiger partial charge is 0.312 e. The molecule has 2 aliphatic heterocycles. The molecule has 1 radical (unpaired) electrons. The van der Waals surface area contributed by atoms with Gasteiger partial charge in [0.25, 0.3) is 5.91 Å². The summed E-state index contributed by atoms with van der Waals surface area (Å²) in [5.74, 6) is 1.20. The molecule has 2 saturated heterocycles. The summed E-state index contributed by atoms with van der Waals surface area (Å²) in [7, 11) is 0. The summed E-state index contributed by atoms with van der Waals surface area (Å²) in [6, 6.07) is -0.308. The molecule has 4 nitrogen and oxygen atoms in total. The number of hydrogen-bond donors (Lipinski definition) is 0. The number of urea groups is 1. The Balaban J connectivity index is 0.00000110. The van der Waals surface area contributed by atoms with Gasteiger partial charge in [-0.1, -0.05) is 12.2 Å². The van der Waals surface area contributed by atoms with Crippen LogP contribution in [0.15, 0.2) is 23.9 Å². The van der Waals surface area contributed by atoms with Crippen LogP contribution in [0.1, 0.15) is 25.7 Å². The van der Waals surface area contributed by atoms with E-state index >= 15 is 0 Å². The zero-order valence-electron chi connectivity index (χ0n) is 10.7. The van der Waals surface area contributed by atoms with Gasteiger partial charge in [0, 0.05) is 30.8 Å². The van der Waals surface area contributed by atoms with Crippen molar-refractivity contribution in [3.8, 4) is 0 Å². The van der Waals surface area contributed by atoms with Gasteiger partial charge in [-0.25, -0.2) is 9.69 Å². The summed E-state index contributed by atoms with van der Waals surface area (Å²) in [5, 5.41) is 0. The molecule has 0 aromatic rings. The zero-order chi connectivity index (χ0) is 12.3. The van der Waals surface area contributed by atoms with E-state index < -0.39 is 0 Å². The number of amides is 3. The van der Waals surface area contributed by atoms with E-state index in [9.17, 15) is 9.59 Å². The van der Waals surface area contributed by atoms with Gasteiger partial charge in [0.15, 0.2) is 0 Å². The van der Waals surface area contributed by atoms with Crippen LogP contribution in [0.4, 0.5) is 4.79 Å². The second kappa shape index (κ2) is 4.53. The molecule has 1 saturated carbocycles. The molecule has 4 rings (SSSR count). The Morgan fingerprint density at radius 1 is 1.16 bits per heavy atom. The minimum atomic E-state index is -0.197. The average Bonchev–Trinajstić information content (AvgIpc) is 3.12. The van der Waals surface area contributed by atoms with Crippen molar-refractivity contribution in [1.82, 2.24) is 9.80 Å². The monoisotopic (exact) mass is 295 g/mol. The van der Waals surface area contributed by atoms with Gasteiger partial charge in [-0.3, -0.25) is 4.79 Å². The summed E-state index contributed by atoms with van der Waals surface area (Å²) in [4.78, 5) is 27.8. The first-order chi connectivity index (χ1) is 8.75. The van der Waals surface area contributed by atoms with E-state index in [1.165, 1.54) is 11.3 Å². The Morgan fingerprint density at radius 2 is 2.00 bits per heavy atom. The molecule has 3 atom stereocenters. The van der Waals surface area contributed by atoms with Crippen LogP contribution in [-0.4, -0.2) is 34.3 Å². The third kappa shape index (κ3) is 1.89. The fraction of sp³-hybridized carbons (Fsp3) is 0.571. The summed E-state index contributed by atoms with van der Waals surface area (Å²) in [5.41, 5.74) is 0.804. The van der Waals surface area contributed by atoms with Crippen molar-refractivity contribution < 1.29 is 28.1 Å². The SMILES string of the molecule is O=C1C2CCCCN2C(=O)N1C1=CC2CC2C=C1.[V]. The Morgan fingerprint density at radius 3 is 2.74 bits per heavy atom. The Hall–Kier alpha value is -0.996. The van der Waals surface area contributed by atoms with Crippen LogP contribution in [0.5, 0.6) is 0 Å². The molecule has 0 aromatic carbocycles. The molecule has 5 heteroatoms. The van der Waals surface area contributed by atoms with Crippen molar-refractivity contribution in [2.45, 2.75) is 31.7 Å². The predicted octanol–water partition coefficient (Wildman–Crippen LogP) is 1.89. The number of allylic oxidation sites excluding steroid dienone is 3. The van der Waals surface area contributed by atoms with Gasteiger partial charge in [-0.2, -0.15) is 0 Å². The number of carbonyl (C=O) groups is 2. The van der Waals surface area contributed by atoms with Crippen molar-refractivity contribution in [2.24, 2.45) is 11.8 Å². The topological polar surface area (TPSA) is 40.6 Å². The minimum Gasteiger partial charge on any atom is -0.312 e. The summed E-state index contributed by atoms with van der Waals surface area (Å²) < 4.78 is 0. The molecule has 4 aliphatic rings. The molecule has 19 heavy (non-hydrogen) atoms. The molecule has 0 aromatic heterocycles. The maximum atomic E-state index is 12.4. The molecule has 3 amide bonds. The molecule has 2 heterocycles. The summed E-state index contributed by atoms with van der Waals surface area (Å²) in [6.07, 6.45) is 10.2. The van der Waals surface area contributed by atoms with E-state index in [0.29, 0.717) is 11.8 Å². The Bertz CT molecular complexity index is 476. The van der Waals surface area contributed by atoms with Crippen molar-refractivity contribution in [3.63, 3.8) is 0 Å². The van der Waals surface area contributed by atoms with E-state index in [-0.39, 0.29) is 36.5 Å². The Kier molecular flexibility index (Phi) is 3.10. The number of hydrogen-bond acceptors (Lipinski definition) is 2. The second-order valence-electron chi connectivity index (χ2n) is 5.68. The third-order valence-corrected chi connectivity index (χ3v) is 4.49. The molecule has 0 N–H and O–H groups in total. The second-order valence-corrected chi connectivity index (χ2v) is 5.68. The van der Waals surface area contributed by atoms with Crippen molar-refractivity contribution in [2.75, 3.05) is 6.54 Å². The molecule has 3 unspecified atom stereocenters. The zero-order valence-corrected chi connectivity index (χ0v) is 12.1. The van der Waals surface area contributed by atoms with Gasteiger partial charge in [0.1, 0.15) is 6.04 Å². The van der Waals surface area contributed by atoms with E-state index in [1.54, 1.807) is 4.90 Å². The molecule has 2 aliphatic carbocycles. The quantitative estimate of drug-likeness (QED) is 0.693. The first kappa shape index (κ1) is 13.0. The maximum absolute atomic E-state index is 12.4. The minimum absolute atomic E-state index is 0. The van der Waals surface area contributed by atoms with E-state index in [4.69, 9.17) is 0 Å². The van der Waals surface area contributed by atoms with Crippen molar-refractivity contribution in [1.29, 1.82) is 0 Å². The first-order valence-corrected chi connectivity index (χ1v) is 6.80. The molecule has 0 spiro atoms. The van der Waals surface area contributed by atoms with Gasteiger partial charge in [-0.05, 0) is 43.6 Å². The fourth-order valence-electron chi connectivity index (χ4n) is 3.32. The van der Waals surface area contributed by atoms with Gasteiger partial charge in [0.05, 0.1) is 0 Å². The van der Waals surface area contributed by atoms with Crippen molar-refractivity contribution in [3.05, 3.63) is 23.9 Å². The van der Waals surface area contributed by atoms with Crippen LogP contribution >= 0.6 is 0 Å². The molecule has 0 bridgehead atoms. The molecule has 99 valence electrons. The third-order valence-electron chi connectivity index (χ3n) is 4.49. The largest absolute Gasteiger partial charge is 0.332 e. The number of carbonyl (C=O) groups excluding carboxylic acids is 2. The number of piperidine rings is 1. The van der Waals surface area contributed by atoms with E-state index in [1.807, 2.05) is 6.08 Å². The molecular weight excluding hydrogens is 279 g/mol. The number of rotatable bonds is 1. The summed E-state index contributed by atoms with van der Waals surface area (Å²) >= 11 is 0. The molecule has 3 fully saturated rings. The van der Waals surface area contributed by atoms with Crippen LogP contribution in [0, 0.1) is 11.8 Å². The normalized spacial score (nSPS) is 35.6.